The van der Waals surface area contributed by atoms with Gasteiger partial charge < -0.3 is 10.6 Å². The summed E-state index contributed by atoms with van der Waals surface area (Å²) in [5, 5.41) is 14.1. The minimum Gasteiger partial charge on any atom is -0.340 e. The monoisotopic (exact) mass is 575 g/mol. The molecule has 0 saturated carbocycles. The predicted octanol–water partition coefficient (Wildman–Crippen LogP) is 3.71. The first-order valence-electron chi connectivity index (χ1n) is 8.96. The van der Waals surface area contributed by atoms with Gasteiger partial charge in [-0.15, -0.1) is 6.42 Å². The summed E-state index contributed by atoms with van der Waals surface area (Å²) in [5.74, 6) is 1.57. The van der Waals surface area contributed by atoms with Crippen LogP contribution in [0, 0.1) is 12.3 Å². The predicted molar refractivity (Wildman–Crippen MR) is 126 cm³/mol. The molecule has 32 heavy (non-hydrogen) atoms. The van der Waals surface area contributed by atoms with Crippen molar-refractivity contribution >= 4 is 66.5 Å². The molecule has 0 atom stereocenters. The van der Waals surface area contributed by atoms with Crippen molar-refractivity contribution in [3.63, 3.8) is 0 Å². The van der Waals surface area contributed by atoms with Gasteiger partial charge in [0.25, 0.3) is 11.8 Å². The minimum atomic E-state index is -0.553. The lowest BCUT2D eigenvalue weighted by atomic mass is 10.2. The molecule has 4 aromatic heterocycles. The molecular weight excluding hydrogens is 566 g/mol. The molecule has 0 aromatic carbocycles. The zero-order chi connectivity index (χ0) is 22.8. The molecule has 2 amide bonds. The topological polar surface area (TPSA) is 106 Å². The summed E-state index contributed by atoms with van der Waals surface area (Å²) in [6.45, 7) is 0.0133. The van der Waals surface area contributed by atoms with Crippen LogP contribution >= 0.6 is 43.5 Å². The Morgan fingerprint density at radius 3 is 2.75 bits per heavy atom. The fourth-order valence-electron chi connectivity index (χ4n) is 2.96. The summed E-state index contributed by atoms with van der Waals surface area (Å²) in [6.07, 6.45) is 8.34. The molecule has 0 radical (unpaired) electrons. The van der Waals surface area contributed by atoms with Crippen LogP contribution in [-0.4, -0.2) is 42.7 Å². The lowest BCUT2D eigenvalue weighted by Crippen LogP contribution is -2.28. The average molecular weight is 578 g/mol. The molecule has 12 heteroatoms. The Kier molecular flexibility index (Phi) is 6.27. The lowest BCUT2D eigenvalue weighted by Gasteiger charge is -2.15. The highest BCUT2D eigenvalue weighted by Gasteiger charge is 2.24. The second kappa shape index (κ2) is 9.12. The molecule has 4 rings (SSSR count). The average Bonchev–Trinajstić information content (AvgIpc) is 3.38. The van der Waals surface area contributed by atoms with Gasteiger partial charge in [0.2, 0.25) is 0 Å². The maximum absolute atomic E-state index is 13.3. The van der Waals surface area contributed by atoms with Gasteiger partial charge in [-0.1, -0.05) is 17.5 Å². The standard InChI is InChI=1S/C20H12Br2ClN7O2/c1-2-6-25-20(32)17-16(12(21)9-11-5-8-26-29(11)17)27-19(31)14-10-15(22)28-30(14)18-13(23)4-3-7-24-18/h1,3-5,7-10H,6H2,(H,25,32)(H,27,31). The molecule has 0 bridgehead atoms. The van der Waals surface area contributed by atoms with Crippen LogP contribution < -0.4 is 10.6 Å². The molecule has 2 N–H and O–H groups in total. The molecule has 0 spiro atoms. The number of nitrogens with zero attached hydrogens (tertiary/aromatic N) is 5. The molecule has 160 valence electrons. The molecule has 0 saturated heterocycles. The molecule has 9 nitrogen and oxygen atoms in total. The largest absolute Gasteiger partial charge is 0.340 e. The van der Waals surface area contributed by atoms with Gasteiger partial charge in [0.1, 0.15) is 10.3 Å². The Morgan fingerprint density at radius 1 is 1.19 bits per heavy atom. The van der Waals surface area contributed by atoms with E-state index in [0.717, 1.165) is 0 Å². The van der Waals surface area contributed by atoms with E-state index in [1.165, 1.54) is 21.5 Å². The van der Waals surface area contributed by atoms with E-state index >= 15 is 0 Å². The van der Waals surface area contributed by atoms with Crippen LogP contribution in [-0.2, 0) is 0 Å². The van der Waals surface area contributed by atoms with E-state index in [0.29, 0.717) is 19.6 Å². The van der Waals surface area contributed by atoms with Crippen molar-refractivity contribution in [3.8, 4) is 18.2 Å². The Balaban J connectivity index is 1.79. The Labute approximate surface area is 203 Å². The fourth-order valence-corrected chi connectivity index (χ4v) is 4.06. The Hall–Kier alpha value is -3.20. The number of hydrogen-bond acceptors (Lipinski definition) is 5. The highest BCUT2D eigenvalue weighted by molar-refractivity contribution is 9.10. The van der Waals surface area contributed by atoms with Crippen molar-refractivity contribution in [2.24, 2.45) is 0 Å². The van der Waals surface area contributed by atoms with Gasteiger partial charge >= 0.3 is 0 Å². The number of fused-ring (bicyclic) bond motifs is 1. The van der Waals surface area contributed by atoms with Crippen LogP contribution in [0.4, 0.5) is 5.69 Å². The highest BCUT2D eigenvalue weighted by Crippen LogP contribution is 2.30. The Bertz CT molecular complexity index is 1410. The third kappa shape index (κ3) is 4.12. The van der Waals surface area contributed by atoms with Crippen LogP contribution in [0.5, 0.6) is 0 Å². The molecular formula is C20H12Br2ClN7O2. The zero-order valence-electron chi connectivity index (χ0n) is 16.0. The molecule has 0 aliphatic heterocycles. The van der Waals surface area contributed by atoms with Gasteiger partial charge in [0, 0.05) is 16.7 Å². The van der Waals surface area contributed by atoms with Gasteiger partial charge in [-0.25, -0.2) is 14.2 Å². The van der Waals surface area contributed by atoms with E-state index in [1.54, 1.807) is 30.5 Å². The summed E-state index contributed by atoms with van der Waals surface area (Å²) in [5.41, 5.74) is 1.09. The van der Waals surface area contributed by atoms with Crippen LogP contribution in [0.25, 0.3) is 11.3 Å². The van der Waals surface area contributed by atoms with Crippen LogP contribution in [0.15, 0.2) is 51.8 Å². The number of nitrogens with one attached hydrogen (secondary N) is 2. The maximum Gasteiger partial charge on any atom is 0.274 e. The van der Waals surface area contributed by atoms with E-state index < -0.39 is 11.8 Å². The summed E-state index contributed by atoms with van der Waals surface area (Å²) in [4.78, 5) is 30.3. The van der Waals surface area contributed by atoms with Crippen molar-refractivity contribution in [2.45, 2.75) is 0 Å². The van der Waals surface area contributed by atoms with Crippen molar-refractivity contribution in [2.75, 3.05) is 11.9 Å². The number of amides is 2. The summed E-state index contributed by atoms with van der Waals surface area (Å²) >= 11 is 12.9. The first kappa shape index (κ1) is 22.0. The summed E-state index contributed by atoms with van der Waals surface area (Å²) < 4.78 is 3.60. The minimum absolute atomic E-state index is 0.0133. The smallest absolute Gasteiger partial charge is 0.274 e. The lowest BCUT2D eigenvalue weighted by molar-refractivity contribution is 0.0952. The van der Waals surface area contributed by atoms with Gasteiger partial charge in [0.05, 0.1) is 29.0 Å². The van der Waals surface area contributed by atoms with Gasteiger partial charge in [-0.3, -0.25) is 9.59 Å². The number of hydrogen-bond donors (Lipinski definition) is 2. The molecule has 4 aromatic rings. The van der Waals surface area contributed by atoms with E-state index in [9.17, 15) is 9.59 Å². The molecule has 4 heterocycles. The normalized spacial score (nSPS) is 10.7. The third-order valence-electron chi connectivity index (χ3n) is 4.29. The number of rotatable bonds is 5. The number of carbonyl (C=O) groups is 2. The van der Waals surface area contributed by atoms with Gasteiger partial charge in [0.15, 0.2) is 11.5 Å². The first-order valence-corrected chi connectivity index (χ1v) is 10.9. The van der Waals surface area contributed by atoms with Crippen LogP contribution in [0.2, 0.25) is 5.02 Å². The number of aromatic nitrogens is 5. The molecule has 0 fully saturated rings. The van der Waals surface area contributed by atoms with E-state index in [4.69, 9.17) is 18.0 Å². The van der Waals surface area contributed by atoms with Gasteiger partial charge in [-0.05, 0) is 56.1 Å². The Morgan fingerprint density at radius 2 is 2.00 bits per heavy atom. The van der Waals surface area contributed by atoms with E-state index in [2.05, 4.69) is 63.6 Å². The molecule has 0 aliphatic carbocycles. The highest BCUT2D eigenvalue weighted by atomic mass is 79.9. The molecule has 0 aliphatic rings. The van der Waals surface area contributed by atoms with Crippen LogP contribution in [0.3, 0.4) is 0 Å². The summed E-state index contributed by atoms with van der Waals surface area (Å²) in [7, 11) is 0. The van der Waals surface area contributed by atoms with E-state index in [1.807, 2.05) is 0 Å². The number of halogens is 3. The zero-order valence-corrected chi connectivity index (χ0v) is 19.9. The van der Waals surface area contributed by atoms with E-state index in [-0.39, 0.29) is 29.4 Å². The van der Waals surface area contributed by atoms with Crippen molar-refractivity contribution < 1.29 is 9.59 Å². The third-order valence-corrected chi connectivity index (χ3v) is 5.60. The number of anilines is 1. The van der Waals surface area contributed by atoms with Crippen molar-refractivity contribution in [1.29, 1.82) is 0 Å². The maximum atomic E-state index is 13.3. The second-order valence-corrected chi connectivity index (χ2v) is 8.37. The molecule has 0 unspecified atom stereocenters. The number of carbonyl (C=O) groups excluding carboxylic acids is 2. The SMILES string of the molecule is C#CCNC(=O)c1c(NC(=O)c2cc(Br)nn2-c2ncccc2Cl)c(Br)cc2ccnn12. The van der Waals surface area contributed by atoms with Crippen molar-refractivity contribution in [1.82, 2.24) is 29.7 Å². The van der Waals surface area contributed by atoms with Gasteiger partial charge in [-0.2, -0.15) is 10.2 Å². The summed E-state index contributed by atoms with van der Waals surface area (Å²) in [6, 6.07) is 8.27. The number of pyridine rings is 2. The van der Waals surface area contributed by atoms with Crippen LogP contribution in [0.1, 0.15) is 21.0 Å². The quantitative estimate of drug-likeness (QED) is 0.352. The second-order valence-electron chi connectivity index (χ2n) is 6.30. The number of terminal acetylenes is 1. The first-order chi connectivity index (χ1) is 15.4. The van der Waals surface area contributed by atoms with Crippen molar-refractivity contribution in [3.05, 3.63) is 68.2 Å². The fraction of sp³-hybridized carbons (Fsp3) is 0.0500.